The van der Waals surface area contributed by atoms with Crippen LogP contribution >= 0.6 is 0 Å². The summed E-state index contributed by atoms with van der Waals surface area (Å²) in [5.41, 5.74) is 0. The van der Waals surface area contributed by atoms with E-state index in [4.69, 9.17) is 0 Å². The van der Waals surface area contributed by atoms with Crippen LogP contribution in [0.5, 0.6) is 0 Å². The van der Waals surface area contributed by atoms with Gasteiger partial charge in [0.2, 0.25) is 0 Å². The van der Waals surface area contributed by atoms with E-state index in [1.807, 2.05) is 0 Å². The van der Waals surface area contributed by atoms with Crippen LogP contribution in [0.2, 0.25) is 0 Å². The smallest absolute Gasteiger partial charge is 0.00187 e. The Morgan fingerprint density at radius 1 is 1.11 bits per heavy atom. The van der Waals surface area contributed by atoms with Crippen LogP contribution < -0.4 is 0 Å². The van der Waals surface area contributed by atoms with Gasteiger partial charge >= 0.3 is 0 Å². The number of nitrogens with zero attached hydrogens (tertiary/aromatic N) is 1. The summed E-state index contributed by atoms with van der Waals surface area (Å²) in [6.45, 7) is 7.68. The Hall–Kier alpha value is -0.0400. The van der Waals surface area contributed by atoms with Gasteiger partial charge in [0.25, 0.3) is 0 Å². The molecule has 0 N–H and O–H groups in total. The zero-order valence-corrected chi connectivity index (χ0v) is 6.10. The fraction of sp³-hybridized carbons (Fsp3) is 0.875. The first-order valence-corrected chi connectivity index (χ1v) is 3.95. The van der Waals surface area contributed by atoms with Gasteiger partial charge in [-0.25, -0.2) is 0 Å². The van der Waals surface area contributed by atoms with Gasteiger partial charge in [-0.15, -0.1) is 0 Å². The van der Waals surface area contributed by atoms with Crippen molar-refractivity contribution in [2.75, 3.05) is 19.6 Å². The van der Waals surface area contributed by atoms with E-state index in [0.717, 1.165) is 6.42 Å². The molecule has 1 heterocycles. The van der Waals surface area contributed by atoms with Gasteiger partial charge in [0, 0.05) is 0 Å². The molecule has 1 aliphatic rings. The fourth-order valence-electron chi connectivity index (χ4n) is 1.41. The van der Waals surface area contributed by atoms with Crippen molar-refractivity contribution in [2.45, 2.75) is 25.7 Å². The molecule has 0 aliphatic carbocycles. The molecular weight excluding hydrogens is 110 g/mol. The second kappa shape index (κ2) is 3.89. The van der Waals surface area contributed by atoms with Crippen molar-refractivity contribution in [2.24, 2.45) is 0 Å². The van der Waals surface area contributed by atoms with Crippen molar-refractivity contribution < 1.29 is 0 Å². The first-order chi connectivity index (χ1) is 4.43. The molecule has 0 atom stereocenters. The standard InChI is InChI=1S/C8H16N/c1-2-6-9-7-4-3-5-8-9/h1-8H2. The molecule has 1 fully saturated rings. The summed E-state index contributed by atoms with van der Waals surface area (Å²) in [7, 11) is 0. The highest BCUT2D eigenvalue weighted by Crippen LogP contribution is 2.07. The Bertz CT molecular complexity index is 62.2. The maximum Gasteiger partial charge on any atom is -0.00187 e. The molecule has 0 bridgehead atoms. The summed E-state index contributed by atoms with van der Waals surface area (Å²) < 4.78 is 0. The monoisotopic (exact) mass is 126 g/mol. The second-order valence-electron chi connectivity index (χ2n) is 2.76. The van der Waals surface area contributed by atoms with E-state index in [9.17, 15) is 0 Å². The number of piperidine rings is 1. The molecular formula is C8H16N. The topological polar surface area (TPSA) is 3.24 Å². The van der Waals surface area contributed by atoms with Gasteiger partial charge in [0.1, 0.15) is 0 Å². The van der Waals surface area contributed by atoms with Gasteiger partial charge in [0.05, 0.1) is 0 Å². The van der Waals surface area contributed by atoms with Crippen LogP contribution in [0, 0.1) is 6.92 Å². The summed E-state index contributed by atoms with van der Waals surface area (Å²) in [4.78, 5) is 2.51. The third-order valence-electron chi connectivity index (χ3n) is 1.92. The molecule has 0 spiro atoms. The van der Waals surface area contributed by atoms with Gasteiger partial charge < -0.3 is 4.90 Å². The Balaban J connectivity index is 2.08. The zero-order valence-electron chi connectivity index (χ0n) is 6.10. The molecule has 0 aromatic heterocycles. The number of hydrogen-bond donors (Lipinski definition) is 0. The summed E-state index contributed by atoms with van der Waals surface area (Å²) in [6.07, 6.45) is 5.31. The first kappa shape index (κ1) is 7.07. The molecule has 1 aliphatic heterocycles. The molecule has 1 radical (unpaired) electrons. The number of likely N-dealkylation sites (tertiary alicyclic amines) is 1. The Labute approximate surface area is 58.0 Å². The van der Waals surface area contributed by atoms with Crippen LogP contribution in [-0.4, -0.2) is 24.5 Å². The van der Waals surface area contributed by atoms with Crippen molar-refractivity contribution in [3.8, 4) is 0 Å². The third kappa shape index (κ3) is 2.35. The van der Waals surface area contributed by atoms with E-state index < -0.39 is 0 Å². The molecule has 9 heavy (non-hydrogen) atoms. The lowest BCUT2D eigenvalue weighted by molar-refractivity contribution is 0.232. The average Bonchev–Trinajstić information content (AvgIpc) is 1.91. The first-order valence-electron chi connectivity index (χ1n) is 3.95. The minimum atomic E-state index is 1.07. The van der Waals surface area contributed by atoms with Crippen molar-refractivity contribution in [1.29, 1.82) is 0 Å². The van der Waals surface area contributed by atoms with Crippen LogP contribution in [-0.2, 0) is 0 Å². The van der Waals surface area contributed by atoms with Crippen molar-refractivity contribution in [3.63, 3.8) is 0 Å². The van der Waals surface area contributed by atoms with E-state index in [-0.39, 0.29) is 0 Å². The molecule has 1 rings (SSSR count). The predicted molar refractivity (Wildman–Crippen MR) is 40.3 cm³/mol. The van der Waals surface area contributed by atoms with Crippen LogP contribution in [0.25, 0.3) is 0 Å². The van der Waals surface area contributed by atoms with Crippen molar-refractivity contribution in [1.82, 2.24) is 4.90 Å². The van der Waals surface area contributed by atoms with E-state index in [0.29, 0.717) is 0 Å². The molecule has 0 amide bonds. The van der Waals surface area contributed by atoms with Crippen LogP contribution in [0.3, 0.4) is 0 Å². The van der Waals surface area contributed by atoms with Gasteiger partial charge in [-0.1, -0.05) is 13.3 Å². The minimum Gasteiger partial charge on any atom is -0.303 e. The van der Waals surface area contributed by atoms with Crippen LogP contribution in [0.4, 0.5) is 0 Å². The quantitative estimate of drug-likeness (QED) is 0.544. The van der Waals surface area contributed by atoms with Crippen molar-refractivity contribution >= 4 is 0 Å². The van der Waals surface area contributed by atoms with E-state index in [1.165, 1.54) is 38.9 Å². The number of rotatable bonds is 2. The molecule has 0 aromatic rings. The highest BCUT2D eigenvalue weighted by Gasteiger charge is 2.07. The summed E-state index contributed by atoms with van der Waals surface area (Å²) >= 11 is 0. The molecule has 1 nitrogen and oxygen atoms in total. The maximum absolute atomic E-state index is 3.84. The molecule has 1 heteroatoms. The normalized spacial score (nSPS) is 22.3. The second-order valence-corrected chi connectivity index (χ2v) is 2.76. The summed E-state index contributed by atoms with van der Waals surface area (Å²) in [5.74, 6) is 0. The fourth-order valence-corrected chi connectivity index (χ4v) is 1.41. The lowest BCUT2D eigenvalue weighted by atomic mass is 10.1. The lowest BCUT2D eigenvalue weighted by Gasteiger charge is -2.25. The van der Waals surface area contributed by atoms with Gasteiger partial charge in [-0.05, 0) is 38.9 Å². The van der Waals surface area contributed by atoms with Crippen LogP contribution in [0.15, 0.2) is 0 Å². The third-order valence-corrected chi connectivity index (χ3v) is 1.92. The van der Waals surface area contributed by atoms with E-state index >= 15 is 0 Å². The molecule has 1 saturated heterocycles. The molecule has 0 aromatic carbocycles. The van der Waals surface area contributed by atoms with Gasteiger partial charge in [-0.3, -0.25) is 0 Å². The van der Waals surface area contributed by atoms with Crippen molar-refractivity contribution in [3.05, 3.63) is 6.92 Å². The molecule has 0 saturated carbocycles. The molecule has 0 unspecified atom stereocenters. The van der Waals surface area contributed by atoms with E-state index in [2.05, 4.69) is 11.8 Å². The largest absolute Gasteiger partial charge is 0.303 e. The number of hydrogen-bond acceptors (Lipinski definition) is 1. The maximum atomic E-state index is 3.84. The SMILES string of the molecule is [CH2]CCN1CCCCC1. The summed E-state index contributed by atoms with van der Waals surface area (Å²) in [5, 5.41) is 0. The highest BCUT2D eigenvalue weighted by molar-refractivity contribution is 4.64. The lowest BCUT2D eigenvalue weighted by Crippen LogP contribution is -2.30. The Morgan fingerprint density at radius 2 is 1.78 bits per heavy atom. The van der Waals surface area contributed by atoms with Gasteiger partial charge in [0.15, 0.2) is 0 Å². The Morgan fingerprint density at radius 3 is 2.33 bits per heavy atom. The molecule has 53 valence electrons. The predicted octanol–water partition coefficient (Wildman–Crippen LogP) is 1.70. The highest BCUT2D eigenvalue weighted by atomic mass is 15.1. The summed E-state index contributed by atoms with van der Waals surface area (Å²) in [6, 6.07) is 0. The zero-order chi connectivity index (χ0) is 6.53. The van der Waals surface area contributed by atoms with Crippen LogP contribution in [0.1, 0.15) is 25.7 Å². The average molecular weight is 126 g/mol. The van der Waals surface area contributed by atoms with Gasteiger partial charge in [-0.2, -0.15) is 0 Å². The Kier molecular flexibility index (Phi) is 3.05. The van der Waals surface area contributed by atoms with E-state index in [1.54, 1.807) is 0 Å². The minimum absolute atomic E-state index is 1.07.